The predicted octanol–water partition coefficient (Wildman–Crippen LogP) is 4.37. The maximum absolute atomic E-state index is 13.3. The molecule has 0 bridgehead atoms. The van der Waals surface area contributed by atoms with Crippen molar-refractivity contribution in [3.8, 4) is 0 Å². The van der Waals surface area contributed by atoms with Crippen LogP contribution in [0.4, 0.5) is 0 Å². The van der Waals surface area contributed by atoms with Crippen LogP contribution in [-0.2, 0) is 19.9 Å². The van der Waals surface area contributed by atoms with Crippen molar-refractivity contribution in [1.29, 1.82) is 5.41 Å². The Kier molecular flexibility index (Phi) is 7.89. The van der Waals surface area contributed by atoms with Crippen molar-refractivity contribution < 1.29 is 4.79 Å². The number of hydrogen-bond donors (Lipinski definition) is 2. The van der Waals surface area contributed by atoms with E-state index in [-0.39, 0.29) is 11.7 Å². The summed E-state index contributed by atoms with van der Waals surface area (Å²) in [6.45, 7) is 4.73. The van der Waals surface area contributed by atoms with Crippen LogP contribution in [0.25, 0.3) is 11.0 Å². The number of aryl methyl sites for hydroxylation is 3. The number of nitrogens with two attached hydrogens (primary N) is 1. The second kappa shape index (κ2) is 11.5. The van der Waals surface area contributed by atoms with Crippen molar-refractivity contribution >= 4 is 22.8 Å². The number of piperazine rings is 1. The molecule has 2 aromatic carbocycles. The average Bonchev–Trinajstić information content (AvgIpc) is 3.26. The molecule has 1 aromatic heterocycles. The summed E-state index contributed by atoms with van der Waals surface area (Å²) in [5.74, 6) is 2.12. The van der Waals surface area contributed by atoms with Crippen molar-refractivity contribution in [3.63, 3.8) is 0 Å². The third-order valence-electron chi connectivity index (χ3n) is 8.36. The molecule has 0 atom stereocenters. The molecule has 37 heavy (non-hydrogen) atoms. The van der Waals surface area contributed by atoms with E-state index in [2.05, 4.69) is 9.47 Å². The second-order valence-electron chi connectivity index (χ2n) is 10.8. The summed E-state index contributed by atoms with van der Waals surface area (Å²) >= 11 is 0. The van der Waals surface area contributed by atoms with Gasteiger partial charge < -0.3 is 15.2 Å². The lowest BCUT2D eigenvalue weighted by molar-refractivity contribution is 0.0627. The van der Waals surface area contributed by atoms with E-state index in [0.717, 1.165) is 72.9 Å². The summed E-state index contributed by atoms with van der Waals surface area (Å²) in [6, 6.07) is 13.8. The molecule has 1 aliphatic heterocycles. The van der Waals surface area contributed by atoms with Gasteiger partial charge in [0.05, 0.1) is 11.0 Å². The Labute approximate surface area is 220 Å². The van der Waals surface area contributed by atoms with E-state index in [0.29, 0.717) is 0 Å². The minimum Gasteiger partial charge on any atom is -0.384 e. The lowest BCUT2D eigenvalue weighted by Gasteiger charge is -2.35. The number of aromatic nitrogens is 2. The Morgan fingerprint density at radius 2 is 1.68 bits per heavy atom. The number of fused-ring (bicyclic) bond motifs is 1. The summed E-state index contributed by atoms with van der Waals surface area (Å²) in [5, 5.41) is 7.54. The number of carbonyl (C=O) groups is 1. The second-order valence-corrected chi connectivity index (χ2v) is 10.8. The Balaban J connectivity index is 1.17. The van der Waals surface area contributed by atoms with Crippen LogP contribution in [0.5, 0.6) is 0 Å². The number of rotatable bonds is 8. The van der Waals surface area contributed by atoms with Crippen LogP contribution in [0.1, 0.15) is 65.8 Å². The molecule has 1 amide bonds. The molecule has 3 N–H and O–H groups in total. The third-order valence-corrected chi connectivity index (χ3v) is 8.36. The lowest BCUT2D eigenvalue weighted by Crippen LogP contribution is -2.49. The van der Waals surface area contributed by atoms with E-state index in [1.807, 2.05) is 54.4 Å². The van der Waals surface area contributed by atoms with Crippen molar-refractivity contribution in [1.82, 2.24) is 19.4 Å². The molecule has 7 nitrogen and oxygen atoms in total. The van der Waals surface area contributed by atoms with Crippen LogP contribution in [0.3, 0.4) is 0 Å². The molecule has 2 heterocycles. The zero-order valence-corrected chi connectivity index (χ0v) is 22.1. The smallest absolute Gasteiger partial charge is 0.254 e. The number of carbonyl (C=O) groups excluding carboxylic acids is 1. The standard InChI is InChI=1S/C30H40N6O/c1-34-27-13-12-25(21-26(27)33-28(34)14-9-23-7-10-24(11-8-23)29(31)32)30(37)36-19-17-35(18-20-36)16-15-22-5-3-2-4-6-22/h7-8,10-13,21-22H,2-6,9,14-20H2,1H3,(H3,31,32). The summed E-state index contributed by atoms with van der Waals surface area (Å²) < 4.78 is 2.12. The Hall–Kier alpha value is -3.19. The Morgan fingerprint density at radius 3 is 2.38 bits per heavy atom. The predicted molar refractivity (Wildman–Crippen MR) is 149 cm³/mol. The van der Waals surface area contributed by atoms with Gasteiger partial charge in [-0.3, -0.25) is 15.1 Å². The SMILES string of the molecule is Cn1c(CCc2ccc(C(=N)N)cc2)nc2cc(C(=O)N3CCN(CCC4CCCCC4)CC3)ccc21. The van der Waals surface area contributed by atoms with Crippen molar-refractivity contribution in [2.45, 2.75) is 51.4 Å². The van der Waals surface area contributed by atoms with Gasteiger partial charge in [0.2, 0.25) is 0 Å². The number of amidine groups is 1. The van der Waals surface area contributed by atoms with Gasteiger partial charge in [-0.05, 0) is 49.1 Å². The van der Waals surface area contributed by atoms with Gasteiger partial charge in [-0.25, -0.2) is 4.98 Å². The van der Waals surface area contributed by atoms with Crippen molar-refractivity contribution in [3.05, 3.63) is 65.0 Å². The molecule has 5 rings (SSSR count). The van der Waals surface area contributed by atoms with Crippen LogP contribution >= 0.6 is 0 Å². The van der Waals surface area contributed by atoms with Gasteiger partial charge in [0.25, 0.3) is 5.91 Å². The first-order valence-corrected chi connectivity index (χ1v) is 13.9. The van der Waals surface area contributed by atoms with E-state index in [1.54, 1.807) is 0 Å². The normalized spacial score (nSPS) is 17.4. The molecule has 3 aromatic rings. The number of amides is 1. The van der Waals surface area contributed by atoms with E-state index < -0.39 is 0 Å². The largest absolute Gasteiger partial charge is 0.384 e. The maximum Gasteiger partial charge on any atom is 0.254 e. The Morgan fingerprint density at radius 1 is 0.973 bits per heavy atom. The molecule has 196 valence electrons. The molecular formula is C30H40N6O. The summed E-state index contributed by atoms with van der Waals surface area (Å²) in [7, 11) is 2.04. The molecule has 2 aliphatic rings. The highest BCUT2D eigenvalue weighted by molar-refractivity contribution is 5.97. The van der Waals surface area contributed by atoms with E-state index in [9.17, 15) is 4.79 Å². The van der Waals surface area contributed by atoms with Crippen molar-refractivity contribution in [2.24, 2.45) is 18.7 Å². The molecule has 2 fully saturated rings. The number of nitrogen functional groups attached to an aromatic ring is 1. The number of nitrogens with one attached hydrogen (secondary N) is 1. The lowest BCUT2D eigenvalue weighted by atomic mass is 9.87. The highest BCUT2D eigenvalue weighted by Crippen LogP contribution is 2.26. The molecule has 0 unspecified atom stereocenters. The van der Waals surface area contributed by atoms with Crippen molar-refractivity contribution in [2.75, 3.05) is 32.7 Å². The fourth-order valence-electron chi connectivity index (χ4n) is 5.91. The van der Waals surface area contributed by atoms with E-state index >= 15 is 0 Å². The first kappa shape index (κ1) is 25.5. The van der Waals surface area contributed by atoms with Gasteiger partial charge >= 0.3 is 0 Å². The summed E-state index contributed by atoms with van der Waals surface area (Å²) in [6.07, 6.45) is 10.0. The minimum atomic E-state index is 0.0868. The summed E-state index contributed by atoms with van der Waals surface area (Å²) in [5.41, 5.74) is 10.1. The highest BCUT2D eigenvalue weighted by Gasteiger charge is 2.24. The quantitative estimate of drug-likeness (QED) is 0.355. The van der Waals surface area contributed by atoms with Gasteiger partial charge in [-0.2, -0.15) is 0 Å². The maximum atomic E-state index is 13.3. The topological polar surface area (TPSA) is 91.2 Å². The molecule has 0 radical (unpaired) electrons. The first-order chi connectivity index (χ1) is 18.0. The zero-order chi connectivity index (χ0) is 25.8. The molecule has 7 heteroatoms. The van der Waals surface area contributed by atoms with Gasteiger partial charge in [0.15, 0.2) is 0 Å². The number of imidazole rings is 1. The molecular weight excluding hydrogens is 460 g/mol. The minimum absolute atomic E-state index is 0.0868. The number of hydrogen-bond acceptors (Lipinski definition) is 4. The van der Waals surface area contributed by atoms with Crippen LogP contribution < -0.4 is 5.73 Å². The van der Waals surface area contributed by atoms with E-state index in [4.69, 9.17) is 16.1 Å². The highest BCUT2D eigenvalue weighted by atomic mass is 16.2. The van der Waals surface area contributed by atoms with Gasteiger partial charge in [0.1, 0.15) is 11.7 Å². The Bertz CT molecular complexity index is 1230. The van der Waals surface area contributed by atoms with E-state index in [1.165, 1.54) is 50.6 Å². The fourth-order valence-corrected chi connectivity index (χ4v) is 5.91. The van der Waals surface area contributed by atoms with Gasteiger partial charge in [-0.15, -0.1) is 0 Å². The monoisotopic (exact) mass is 500 g/mol. The van der Waals surface area contributed by atoms with Crippen LogP contribution in [0, 0.1) is 11.3 Å². The zero-order valence-electron chi connectivity index (χ0n) is 22.1. The molecule has 0 spiro atoms. The number of nitrogens with zero attached hydrogens (tertiary/aromatic N) is 4. The van der Waals surface area contributed by atoms with Crippen LogP contribution in [0.2, 0.25) is 0 Å². The van der Waals surface area contributed by atoms with Gasteiger partial charge in [0, 0.05) is 50.8 Å². The molecule has 1 aliphatic carbocycles. The number of benzene rings is 2. The van der Waals surface area contributed by atoms with Gasteiger partial charge in [-0.1, -0.05) is 56.4 Å². The fraction of sp³-hybridized carbons (Fsp3) is 0.500. The molecule has 1 saturated carbocycles. The third kappa shape index (κ3) is 6.04. The first-order valence-electron chi connectivity index (χ1n) is 13.9. The molecule has 1 saturated heterocycles. The average molecular weight is 501 g/mol. The summed E-state index contributed by atoms with van der Waals surface area (Å²) in [4.78, 5) is 22.7. The van der Waals surface area contributed by atoms with Crippen LogP contribution in [-0.4, -0.2) is 63.8 Å². The van der Waals surface area contributed by atoms with Crippen LogP contribution in [0.15, 0.2) is 42.5 Å².